The Hall–Kier alpha value is -1.28. The molecule has 2 heteroatoms. The number of thioether (sulfide) groups is 1. The zero-order valence-corrected chi connectivity index (χ0v) is 13.3. The van der Waals surface area contributed by atoms with Gasteiger partial charge in [-0.25, -0.2) is 0 Å². The summed E-state index contributed by atoms with van der Waals surface area (Å²) in [6.45, 7) is 4.55. The summed E-state index contributed by atoms with van der Waals surface area (Å²) in [7, 11) is 0. The average Bonchev–Trinajstić information content (AvgIpc) is 2.46. The second-order valence-electron chi connectivity index (χ2n) is 7.05. The van der Waals surface area contributed by atoms with E-state index in [2.05, 4.69) is 56.3 Å². The lowest BCUT2D eigenvalue weighted by molar-refractivity contribution is -0.147. The normalized spacial score (nSPS) is 30.2. The molecule has 2 aromatic rings. The predicted molar refractivity (Wildman–Crippen MR) is 88.6 cm³/mol. The Balaban J connectivity index is 1.61. The van der Waals surface area contributed by atoms with Gasteiger partial charge in [0, 0.05) is 22.5 Å². The number of benzene rings is 2. The van der Waals surface area contributed by atoms with Crippen LogP contribution in [0.2, 0.25) is 0 Å². The minimum atomic E-state index is 0.212. The Morgan fingerprint density at radius 3 is 2.57 bits per heavy atom. The van der Waals surface area contributed by atoms with Gasteiger partial charge in [0.1, 0.15) is 5.78 Å². The zero-order chi connectivity index (χ0) is 14.6. The average molecular weight is 296 g/mol. The maximum atomic E-state index is 12.2. The molecular formula is C19H20OS. The first kappa shape index (κ1) is 13.4. The van der Waals surface area contributed by atoms with Crippen LogP contribution in [-0.2, 0) is 4.79 Å². The summed E-state index contributed by atoms with van der Waals surface area (Å²) in [5, 5.41) is 3.03. The van der Waals surface area contributed by atoms with Crippen molar-refractivity contribution in [3.8, 4) is 0 Å². The fourth-order valence-corrected chi connectivity index (χ4v) is 5.72. The molecular weight excluding hydrogens is 276 g/mol. The van der Waals surface area contributed by atoms with Crippen LogP contribution in [0.1, 0.15) is 26.7 Å². The van der Waals surface area contributed by atoms with E-state index in [0.717, 1.165) is 12.8 Å². The standard InChI is InChI=1S/C19H20OS/c1-19(2)15-10-16(19)18(11-17(15)20)21-14-8-7-12-5-3-4-6-13(12)9-14/h3-9,15-16,18H,10-11H2,1-2H3/t15-,16+,18+/m0/s1. The van der Waals surface area contributed by atoms with E-state index in [1.165, 1.54) is 15.7 Å². The van der Waals surface area contributed by atoms with Gasteiger partial charge in [0.2, 0.25) is 0 Å². The zero-order valence-electron chi connectivity index (χ0n) is 12.5. The van der Waals surface area contributed by atoms with Gasteiger partial charge in [0.05, 0.1) is 0 Å². The van der Waals surface area contributed by atoms with Crippen molar-refractivity contribution in [2.45, 2.75) is 36.8 Å². The van der Waals surface area contributed by atoms with Crippen LogP contribution in [0.5, 0.6) is 0 Å². The van der Waals surface area contributed by atoms with Crippen LogP contribution >= 0.6 is 11.8 Å². The lowest BCUT2D eigenvalue weighted by Crippen LogP contribution is -2.58. The van der Waals surface area contributed by atoms with Crippen molar-refractivity contribution in [1.82, 2.24) is 0 Å². The monoisotopic (exact) mass is 296 g/mol. The Morgan fingerprint density at radius 2 is 1.86 bits per heavy atom. The molecule has 0 N–H and O–H groups in total. The summed E-state index contributed by atoms with van der Waals surface area (Å²) >= 11 is 1.91. The number of hydrogen-bond acceptors (Lipinski definition) is 2. The molecule has 0 saturated heterocycles. The Morgan fingerprint density at radius 1 is 1.10 bits per heavy atom. The van der Waals surface area contributed by atoms with Gasteiger partial charge in [-0.2, -0.15) is 0 Å². The molecule has 1 nitrogen and oxygen atoms in total. The minimum Gasteiger partial charge on any atom is -0.299 e. The molecule has 108 valence electrons. The number of ketones is 1. The van der Waals surface area contributed by atoms with E-state index in [0.29, 0.717) is 22.9 Å². The van der Waals surface area contributed by atoms with E-state index in [9.17, 15) is 4.79 Å². The van der Waals surface area contributed by atoms with Crippen LogP contribution in [0.15, 0.2) is 47.4 Å². The SMILES string of the molecule is CC1(C)[C@@H]2C[C@H]1C(=O)C[C@H]2Sc1ccc2ccccc2c1. The van der Waals surface area contributed by atoms with E-state index in [1.807, 2.05) is 11.8 Å². The van der Waals surface area contributed by atoms with E-state index in [4.69, 9.17) is 0 Å². The highest BCUT2D eigenvalue weighted by Gasteiger charge is 2.58. The molecule has 2 aromatic carbocycles. The molecule has 0 aromatic heterocycles. The van der Waals surface area contributed by atoms with Crippen LogP contribution in [0.3, 0.4) is 0 Å². The molecule has 0 heterocycles. The summed E-state index contributed by atoms with van der Waals surface area (Å²) in [5.41, 5.74) is 0.212. The maximum Gasteiger partial charge on any atom is 0.137 e. The maximum absolute atomic E-state index is 12.2. The van der Waals surface area contributed by atoms with Crippen LogP contribution in [0.4, 0.5) is 0 Å². The summed E-state index contributed by atoms with van der Waals surface area (Å²) in [6, 6.07) is 15.1. The third-order valence-corrected chi connectivity index (χ3v) is 6.92. The van der Waals surface area contributed by atoms with Gasteiger partial charge in [-0.05, 0) is 40.7 Å². The minimum absolute atomic E-state index is 0.212. The number of Topliss-reactive ketones (excluding diaryl/α,β-unsaturated/α-hetero) is 1. The van der Waals surface area contributed by atoms with Gasteiger partial charge in [-0.15, -0.1) is 11.8 Å². The molecule has 0 amide bonds. The molecule has 21 heavy (non-hydrogen) atoms. The van der Waals surface area contributed by atoms with Crippen molar-refractivity contribution in [3.63, 3.8) is 0 Å². The van der Waals surface area contributed by atoms with E-state index >= 15 is 0 Å². The molecule has 3 saturated carbocycles. The number of rotatable bonds is 2. The largest absolute Gasteiger partial charge is 0.299 e. The lowest BCUT2D eigenvalue weighted by atomic mass is 9.48. The van der Waals surface area contributed by atoms with Gasteiger partial charge in [0.25, 0.3) is 0 Å². The van der Waals surface area contributed by atoms with Gasteiger partial charge < -0.3 is 0 Å². The highest BCUT2D eigenvalue weighted by atomic mass is 32.2. The number of fused-ring (bicyclic) bond motifs is 3. The van der Waals surface area contributed by atoms with Gasteiger partial charge in [0.15, 0.2) is 0 Å². The Labute approximate surface area is 130 Å². The predicted octanol–water partition coefficient (Wildman–Crippen LogP) is 4.94. The molecule has 0 aliphatic heterocycles. The van der Waals surface area contributed by atoms with Crippen LogP contribution in [0, 0.1) is 17.3 Å². The smallest absolute Gasteiger partial charge is 0.137 e. The molecule has 3 fully saturated rings. The molecule has 2 bridgehead atoms. The fourth-order valence-electron chi connectivity index (χ4n) is 4.16. The van der Waals surface area contributed by atoms with Crippen LogP contribution in [-0.4, -0.2) is 11.0 Å². The Bertz CT molecular complexity index is 718. The third kappa shape index (κ3) is 2.03. The van der Waals surface area contributed by atoms with Crippen molar-refractivity contribution in [3.05, 3.63) is 42.5 Å². The van der Waals surface area contributed by atoms with Crippen molar-refractivity contribution < 1.29 is 4.79 Å². The number of hydrogen-bond donors (Lipinski definition) is 0. The molecule has 3 aliphatic rings. The molecule has 0 spiro atoms. The summed E-state index contributed by atoms with van der Waals surface area (Å²) < 4.78 is 0. The topological polar surface area (TPSA) is 17.1 Å². The van der Waals surface area contributed by atoms with E-state index < -0.39 is 0 Å². The lowest BCUT2D eigenvalue weighted by Gasteiger charge is -2.58. The van der Waals surface area contributed by atoms with Crippen molar-refractivity contribution in [2.75, 3.05) is 0 Å². The van der Waals surface area contributed by atoms with E-state index in [1.54, 1.807) is 0 Å². The van der Waals surface area contributed by atoms with Gasteiger partial charge >= 0.3 is 0 Å². The number of carbonyl (C=O) groups excluding carboxylic acids is 1. The third-order valence-electron chi connectivity index (χ3n) is 5.59. The molecule has 0 radical (unpaired) electrons. The van der Waals surface area contributed by atoms with Crippen molar-refractivity contribution in [2.24, 2.45) is 17.3 Å². The first-order valence-corrected chi connectivity index (χ1v) is 8.62. The molecule has 3 aliphatic carbocycles. The van der Waals surface area contributed by atoms with Gasteiger partial charge in [-0.3, -0.25) is 4.79 Å². The highest BCUT2D eigenvalue weighted by molar-refractivity contribution is 8.00. The highest BCUT2D eigenvalue weighted by Crippen LogP contribution is 2.60. The first-order valence-electron chi connectivity index (χ1n) is 7.74. The molecule has 5 rings (SSSR count). The van der Waals surface area contributed by atoms with Crippen LogP contribution < -0.4 is 0 Å². The molecule has 3 atom stereocenters. The number of carbonyl (C=O) groups is 1. The second-order valence-corrected chi connectivity index (χ2v) is 8.36. The van der Waals surface area contributed by atoms with Crippen molar-refractivity contribution in [1.29, 1.82) is 0 Å². The fraction of sp³-hybridized carbons (Fsp3) is 0.421. The summed E-state index contributed by atoms with van der Waals surface area (Å²) in [6.07, 6.45) is 1.87. The summed E-state index contributed by atoms with van der Waals surface area (Å²) in [4.78, 5) is 13.5. The van der Waals surface area contributed by atoms with E-state index in [-0.39, 0.29) is 5.41 Å². The van der Waals surface area contributed by atoms with Crippen LogP contribution in [0.25, 0.3) is 10.8 Å². The first-order chi connectivity index (χ1) is 10.1. The molecule has 0 unspecified atom stereocenters. The quantitative estimate of drug-likeness (QED) is 0.781. The van der Waals surface area contributed by atoms with Gasteiger partial charge in [-0.1, -0.05) is 44.2 Å². The van der Waals surface area contributed by atoms with Crippen molar-refractivity contribution >= 4 is 28.3 Å². The summed E-state index contributed by atoms with van der Waals surface area (Å²) in [5.74, 6) is 1.51. The second kappa shape index (κ2) is 4.61. The Kier molecular flexibility index (Phi) is 2.94.